The van der Waals surface area contributed by atoms with Crippen LogP contribution in [0.3, 0.4) is 0 Å². The van der Waals surface area contributed by atoms with Crippen molar-refractivity contribution in [2.24, 2.45) is 0 Å². The van der Waals surface area contributed by atoms with Crippen LogP contribution in [0.15, 0.2) is 10.7 Å². The van der Waals surface area contributed by atoms with Gasteiger partial charge in [0.15, 0.2) is 0 Å². The first-order valence-electron chi connectivity index (χ1n) is 3.56. The molecular formula is C8H7BrClF2N. The zero-order valence-corrected chi connectivity index (χ0v) is 9.16. The van der Waals surface area contributed by atoms with Gasteiger partial charge in [-0.15, -0.1) is 11.6 Å². The van der Waals surface area contributed by atoms with Crippen molar-refractivity contribution in [1.29, 1.82) is 0 Å². The van der Waals surface area contributed by atoms with Gasteiger partial charge in [0.05, 0.1) is 0 Å². The molecule has 0 aliphatic heterocycles. The highest BCUT2D eigenvalue weighted by Crippen LogP contribution is 2.29. The molecule has 0 atom stereocenters. The second-order valence-corrected chi connectivity index (χ2v) is 3.60. The van der Waals surface area contributed by atoms with Crippen LogP contribution < -0.4 is 0 Å². The SMILES string of the molecule is Cc1c(CCl)cnc(C(F)F)c1Br. The van der Waals surface area contributed by atoms with Crippen molar-refractivity contribution in [3.8, 4) is 0 Å². The van der Waals surface area contributed by atoms with Crippen molar-refractivity contribution in [2.45, 2.75) is 19.2 Å². The van der Waals surface area contributed by atoms with E-state index >= 15 is 0 Å². The Kier molecular flexibility index (Phi) is 3.62. The van der Waals surface area contributed by atoms with E-state index in [4.69, 9.17) is 11.6 Å². The van der Waals surface area contributed by atoms with Gasteiger partial charge >= 0.3 is 0 Å². The van der Waals surface area contributed by atoms with E-state index < -0.39 is 6.43 Å². The molecule has 0 unspecified atom stereocenters. The summed E-state index contributed by atoms with van der Waals surface area (Å²) in [5, 5.41) is 0. The first-order valence-corrected chi connectivity index (χ1v) is 4.88. The highest BCUT2D eigenvalue weighted by atomic mass is 79.9. The van der Waals surface area contributed by atoms with Crippen LogP contribution in [-0.4, -0.2) is 4.98 Å². The van der Waals surface area contributed by atoms with E-state index in [1.807, 2.05) is 0 Å². The lowest BCUT2D eigenvalue weighted by Crippen LogP contribution is -1.97. The summed E-state index contributed by atoms with van der Waals surface area (Å²) in [6.07, 6.45) is -1.17. The lowest BCUT2D eigenvalue weighted by Gasteiger charge is -2.08. The summed E-state index contributed by atoms with van der Waals surface area (Å²) < 4.78 is 25.0. The summed E-state index contributed by atoms with van der Waals surface area (Å²) >= 11 is 8.66. The van der Waals surface area contributed by atoms with Crippen molar-refractivity contribution in [3.63, 3.8) is 0 Å². The largest absolute Gasteiger partial charge is 0.281 e. The number of nitrogens with zero attached hydrogens (tertiary/aromatic N) is 1. The van der Waals surface area contributed by atoms with Crippen molar-refractivity contribution >= 4 is 27.5 Å². The summed E-state index contributed by atoms with van der Waals surface area (Å²) in [4.78, 5) is 3.63. The van der Waals surface area contributed by atoms with Crippen LogP contribution in [0.5, 0.6) is 0 Å². The molecule has 0 N–H and O–H groups in total. The zero-order chi connectivity index (χ0) is 10.0. The van der Waals surface area contributed by atoms with E-state index in [1.165, 1.54) is 6.20 Å². The fourth-order valence-electron chi connectivity index (χ4n) is 0.921. The number of alkyl halides is 3. The maximum absolute atomic E-state index is 12.3. The Balaban J connectivity index is 3.23. The summed E-state index contributed by atoms with van der Waals surface area (Å²) in [6, 6.07) is 0. The molecule has 0 aliphatic carbocycles. The topological polar surface area (TPSA) is 12.9 Å². The lowest BCUT2D eigenvalue weighted by atomic mass is 10.1. The second-order valence-electron chi connectivity index (χ2n) is 2.54. The molecule has 1 aromatic rings. The number of rotatable bonds is 2. The molecule has 1 aromatic heterocycles. The Morgan fingerprint density at radius 2 is 2.23 bits per heavy atom. The van der Waals surface area contributed by atoms with Gasteiger partial charge in [0.1, 0.15) is 5.69 Å². The van der Waals surface area contributed by atoms with Crippen LogP contribution in [-0.2, 0) is 5.88 Å². The molecule has 0 saturated heterocycles. The van der Waals surface area contributed by atoms with Crippen LogP contribution >= 0.6 is 27.5 Å². The maximum Gasteiger partial charge on any atom is 0.281 e. The first kappa shape index (κ1) is 10.9. The molecule has 0 bridgehead atoms. The molecule has 0 saturated carbocycles. The van der Waals surface area contributed by atoms with Gasteiger partial charge in [0.25, 0.3) is 6.43 Å². The Bertz CT molecular complexity index is 317. The predicted molar refractivity (Wildman–Crippen MR) is 51.2 cm³/mol. The van der Waals surface area contributed by atoms with Gasteiger partial charge in [-0.3, -0.25) is 4.98 Å². The minimum absolute atomic E-state index is 0.230. The molecule has 0 aliphatic rings. The second kappa shape index (κ2) is 4.33. The fourth-order valence-corrected chi connectivity index (χ4v) is 1.72. The number of pyridine rings is 1. The highest BCUT2D eigenvalue weighted by Gasteiger charge is 2.16. The van der Waals surface area contributed by atoms with Crippen molar-refractivity contribution < 1.29 is 8.78 Å². The Morgan fingerprint density at radius 1 is 1.62 bits per heavy atom. The third kappa shape index (κ3) is 2.17. The van der Waals surface area contributed by atoms with E-state index in [0.717, 1.165) is 11.1 Å². The van der Waals surface area contributed by atoms with Crippen LogP contribution in [0, 0.1) is 6.92 Å². The number of hydrogen-bond acceptors (Lipinski definition) is 1. The molecule has 13 heavy (non-hydrogen) atoms. The van der Waals surface area contributed by atoms with Gasteiger partial charge in [0, 0.05) is 16.5 Å². The van der Waals surface area contributed by atoms with Crippen molar-refractivity contribution in [3.05, 3.63) is 27.5 Å². The van der Waals surface area contributed by atoms with Gasteiger partial charge < -0.3 is 0 Å². The van der Waals surface area contributed by atoms with E-state index in [9.17, 15) is 8.78 Å². The van der Waals surface area contributed by atoms with Crippen molar-refractivity contribution in [1.82, 2.24) is 4.98 Å². The Labute approximate surface area is 88.2 Å². The van der Waals surface area contributed by atoms with Crippen molar-refractivity contribution in [2.75, 3.05) is 0 Å². The molecule has 0 radical (unpaired) electrons. The maximum atomic E-state index is 12.3. The monoisotopic (exact) mass is 269 g/mol. The van der Waals surface area contributed by atoms with Crippen LogP contribution in [0.4, 0.5) is 8.78 Å². The summed E-state index contributed by atoms with van der Waals surface area (Å²) in [5.41, 5.74) is 1.25. The van der Waals surface area contributed by atoms with Gasteiger partial charge in [-0.05, 0) is 34.0 Å². The third-order valence-corrected chi connectivity index (χ3v) is 3.03. The molecule has 1 nitrogen and oxygen atoms in total. The minimum Gasteiger partial charge on any atom is -0.254 e. The number of halogens is 4. The molecule has 1 heterocycles. The quantitative estimate of drug-likeness (QED) is 0.744. The van der Waals surface area contributed by atoms with Gasteiger partial charge in [0.2, 0.25) is 0 Å². The minimum atomic E-state index is -2.56. The molecule has 0 spiro atoms. The van der Waals surface area contributed by atoms with E-state index in [0.29, 0.717) is 4.47 Å². The average Bonchev–Trinajstić information content (AvgIpc) is 2.09. The Morgan fingerprint density at radius 3 is 2.69 bits per heavy atom. The van der Waals surface area contributed by atoms with Crippen LogP contribution in [0.25, 0.3) is 0 Å². The predicted octanol–water partition coefficient (Wildman–Crippen LogP) is 3.83. The molecule has 0 amide bonds. The lowest BCUT2D eigenvalue weighted by molar-refractivity contribution is 0.145. The molecule has 1 rings (SSSR count). The number of hydrogen-bond donors (Lipinski definition) is 0. The molecule has 0 aromatic carbocycles. The fraction of sp³-hybridized carbons (Fsp3) is 0.375. The third-order valence-electron chi connectivity index (χ3n) is 1.75. The summed E-state index contributed by atoms with van der Waals surface area (Å²) in [6.45, 7) is 1.73. The molecule has 72 valence electrons. The van der Waals surface area contributed by atoms with E-state index in [1.54, 1.807) is 6.92 Å². The average molecular weight is 271 g/mol. The summed E-state index contributed by atoms with van der Waals surface area (Å²) in [7, 11) is 0. The van der Waals surface area contributed by atoms with E-state index in [2.05, 4.69) is 20.9 Å². The van der Waals surface area contributed by atoms with E-state index in [-0.39, 0.29) is 11.6 Å². The molecule has 0 fully saturated rings. The normalized spacial score (nSPS) is 10.9. The Hall–Kier alpha value is -0.220. The highest BCUT2D eigenvalue weighted by molar-refractivity contribution is 9.10. The zero-order valence-electron chi connectivity index (χ0n) is 6.82. The van der Waals surface area contributed by atoms with Crippen LogP contribution in [0.2, 0.25) is 0 Å². The van der Waals surface area contributed by atoms with Gasteiger partial charge in [-0.25, -0.2) is 8.78 Å². The molecular weight excluding hydrogens is 263 g/mol. The van der Waals surface area contributed by atoms with Crippen LogP contribution in [0.1, 0.15) is 23.2 Å². The van der Waals surface area contributed by atoms with Gasteiger partial charge in [-0.1, -0.05) is 0 Å². The first-order chi connectivity index (χ1) is 6.07. The molecule has 5 heteroatoms. The summed E-state index contributed by atoms with van der Waals surface area (Å²) in [5.74, 6) is 0.279. The standard InChI is InChI=1S/C8H7BrClF2N/c1-4-5(2-10)3-13-7(6(4)9)8(11)12/h3,8H,2H2,1H3. The van der Waals surface area contributed by atoms with Gasteiger partial charge in [-0.2, -0.15) is 0 Å². The number of aromatic nitrogens is 1. The smallest absolute Gasteiger partial charge is 0.254 e.